The molecule has 1 aromatic carbocycles. The predicted molar refractivity (Wildman–Crippen MR) is 120 cm³/mol. The normalized spacial score (nSPS) is 17.5. The zero-order valence-electron chi connectivity index (χ0n) is 17.9. The Morgan fingerprint density at radius 1 is 1.07 bits per heavy atom. The minimum atomic E-state index is 0.00691. The van der Waals surface area contributed by atoms with Crippen molar-refractivity contribution in [3.8, 4) is 11.1 Å². The van der Waals surface area contributed by atoms with Crippen LogP contribution in [0.2, 0.25) is 0 Å². The van der Waals surface area contributed by atoms with E-state index in [9.17, 15) is 0 Å². The number of nitrogens with zero attached hydrogens (tertiary/aromatic N) is 1. The van der Waals surface area contributed by atoms with E-state index in [1.807, 2.05) is 33.0 Å². The molecule has 0 saturated heterocycles. The quantitative estimate of drug-likeness (QED) is 0.735. The van der Waals surface area contributed by atoms with E-state index in [4.69, 9.17) is 9.53 Å². The number of dihydropyridines is 1. The molecule has 0 amide bonds. The lowest BCUT2D eigenvalue weighted by Gasteiger charge is -2.30. The summed E-state index contributed by atoms with van der Waals surface area (Å²) in [4.78, 5) is 12.3. The van der Waals surface area contributed by atoms with E-state index in [1.165, 1.54) is 52.7 Å². The fraction of sp³-hybridized carbons (Fsp3) is 0.360. The third kappa shape index (κ3) is 5.64. The summed E-state index contributed by atoms with van der Waals surface area (Å²) in [6.45, 7) is 10.3. The van der Waals surface area contributed by atoms with Crippen molar-refractivity contribution >= 4 is 12.4 Å². The first-order valence-electron chi connectivity index (χ1n) is 10.3. The average Bonchev–Trinajstić information content (AvgIpc) is 2.75. The highest BCUT2D eigenvalue weighted by atomic mass is 16.5. The number of pyridine rings is 1. The average molecular weight is 393 g/mol. The summed E-state index contributed by atoms with van der Waals surface area (Å²) in [6, 6.07) is 8.67. The molecule has 0 radical (unpaired) electrons. The molecule has 1 unspecified atom stereocenters. The second-order valence-electron chi connectivity index (χ2n) is 6.96. The third-order valence-electron chi connectivity index (χ3n) is 5.13. The summed E-state index contributed by atoms with van der Waals surface area (Å²) in [6.07, 6.45) is 14.2. The Bertz CT molecular complexity index is 854. The Morgan fingerprint density at radius 2 is 1.83 bits per heavy atom. The number of carbonyl (C=O) groups is 1. The number of aromatic nitrogens is 1. The van der Waals surface area contributed by atoms with Gasteiger partial charge in [-0.15, -0.1) is 0 Å². The number of benzene rings is 1. The molecule has 1 atom stereocenters. The molecule has 1 fully saturated rings. The zero-order valence-corrected chi connectivity index (χ0v) is 17.9. The number of hydrogen-bond acceptors (Lipinski definition) is 4. The summed E-state index contributed by atoms with van der Waals surface area (Å²) in [5.41, 5.74) is 7.36. The number of aryl methyl sites for hydroxylation is 2. The predicted octanol–water partition coefficient (Wildman–Crippen LogP) is 5.60. The van der Waals surface area contributed by atoms with Crippen molar-refractivity contribution in [3.63, 3.8) is 0 Å². The second kappa shape index (κ2) is 11.3. The number of allylic oxidation sites excluding steroid dienone is 2. The van der Waals surface area contributed by atoms with E-state index in [0.717, 1.165) is 0 Å². The van der Waals surface area contributed by atoms with Gasteiger partial charge in [0.25, 0.3) is 0 Å². The van der Waals surface area contributed by atoms with Crippen molar-refractivity contribution in [2.24, 2.45) is 0 Å². The highest BCUT2D eigenvalue weighted by Gasteiger charge is 2.22. The minimum Gasteiger partial charge on any atom is -0.362 e. The third-order valence-corrected chi connectivity index (χ3v) is 5.13. The van der Waals surface area contributed by atoms with Gasteiger partial charge in [0.1, 0.15) is 13.0 Å². The van der Waals surface area contributed by atoms with Gasteiger partial charge in [-0.2, -0.15) is 0 Å². The lowest BCUT2D eigenvalue weighted by molar-refractivity contribution is -0.0980. The topological polar surface area (TPSA) is 51.2 Å². The lowest BCUT2D eigenvalue weighted by atomic mass is 9.94. The Morgan fingerprint density at radius 3 is 2.38 bits per heavy atom. The van der Waals surface area contributed by atoms with Crippen molar-refractivity contribution in [1.29, 1.82) is 0 Å². The molecule has 29 heavy (non-hydrogen) atoms. The molecule has 2 aromatic rings. The van der Waals surface area contributed by atoms with E-state index in [2.05, 4.69) is 66.8 Å². The Balaban J connectivity index is 0.000000707. The van der Waals surface area contributed by atoms with Gasteiger partial charge in [0.05, 0.1) is 6.10 Å². The van der Waals surface area contributed by atoms with Crippen LogP contribution in [0.3, 0.4) is 0 Å². The van der Waals surface area contributed by atoms with Gasteiger partial charge in [-0.25, -0.2) is 0 Å². The van der Waals surface area contributed by atoms with Gasteiger partial charge in [-0.1, -0.05) is 38.1 Å². The maximum atomic E-state index is 8.00. The monoisotopic (exact) mass is 392 g/mol. The van der Waals surface area contributed by atoms with E-state index in [-0.39, 0.29) is 6.23 Å². The molecule has 2 aliphatic rings. The molecule has 1 saturated carbocycles. The number of ether oxygens (including phenoxy) is 1. The summed E-state index contributed by atoms with van der Waals surface area (Å²) in [5.74, 6) is 0. The maximum Gasteiger partial charge on any atom is 0.147 e. The standard InChI is InChI=1S/C22H24N2O.C2H6.CH2O/c1-15-10-11-23-14-21(15)20-8-6-17(12-16(20)2)18-7-9-22(24-13-18)25-19-4-3-5-19;2*1-2/h6-14,19,22,24H,3-5H2,1-2H3;1-2H3;1H2. The van der Waals surface area contributed by atoms with Crippen LogP contribution in [0.4, 0.5) is 0 Å². The number of rotatable bonds is 4. The van der Waals surface area contributed by atoms with Gasteiger partial charge in [0, 0.05) is 24.2 Å². The van der Waals surface area contributed by atoms with Crippen LogP contribution >= 0.6 is 0 Å². The molecule has 1 aliphatic heterocycles. The summed E-state index contributed by atoms with van der Waals surface area (Å²) in [7, 11) is 0. The summed E-state index contributed by atoms with van der Waals surface area (Å²) < 4.78 is 5.98. The molecule has 154 valence electrons. The van der Waals surface area contributed by atoms with Gasteiger partial charge in [-0.05, 0) is 73.1 Å². The van der Waals surface area contributed by atoms with E-state index < -0.39 is 0 Å². The van der Waals surface area contributed by atoms with Crippen LogP contribution in [-0.2, 0) is 9.53 Å². The van der Waals surface area contributed by atoms with Crippen molar-refractivity contribution in [2.45, 2.75) is 59.3 Å². The van der Waals surface area contributed by atoms with Gasteiger partial charge in [0.15, 0.2) is 0 Å². The Hall–Kier alpha value is -2.72. The highest BCUT2D eigenvalue weighted by molar-refractivity contribution is 5.78. The molecule has 2 heterocycles. The Kier molecular flexibility index (Phi) is 8.81. The molecule has 4 nitrogen and oxygen atoms in total. The molecule has 1 N–H and O–H groups in total. The van der Waals surface area contributed by atoms with Crippen LogP contribution in [0.25, 0.3) is 16.7 Å². The van der Waals surface area contributed by atoms with Gasteiger partial charge >= 0.3 is 0 Å². The fourth-order valence-corrected chi connectivity index (χ4v) is 3.34. The van der Waals surface area contributed by atoms with E-state index in [1.54, 1.807) is 0 Å². The number of carbonyl (C=O) groups excluding carboxylic acids is 1. The first-order valence-corrected chi connectivity index (χ1v) is 10.3. The van der Waals surface area contributed by atoms with Crippen LogP contribution in [0.1, 0.15) is 49.8 Å². The molecule has 0 spiro atoms. The molecule has 4 heteroatoms. The Labute approximate surface area is 174 Å². The van der Waals surface area contributed by atoms with Crippen molar-refractivity contribution in [2.75, 3.05) is 0 Å². The summed E-state index contributed by atoms with van der Waals surface area (Å²) >= 11 is 0. The minimum absolute atomic E-state index is 0.00691. The van der Waals surface area contributed by atoms with Crippen molar-refractivity contribution in [3.05, 3.63) is 71.7 Å². The maximum absolute atomic E-state index is 8.00. The largest absolute Gasteiger partial charge is 0.362 e. The van der Waals surface area contributed by atoms with E-state index >= 15 is 0 Å². The summed E-state index contributed by atoms with van der Waals surface area (Å²) in [5, 5.41) is 3.36. The fourth-order valence-electron chi connectivity index (χ4n) is 3.34. The molecule has 1 aliphatic carbocycles. The van der Waals surface area contributed by atoms with Crippen molar-refractivity contribution in [1.82, 2.24) is 10.3 Å². The molecule has 1 aromatic heterocycles. The van der Waals surface area contributed by atoms with Crippen LogP contribution in [-0.4, -0.2) is 24.1 Å². The molecular weight excluding hydrogens is 360 g/mol. The van der Waals surface area contributed by atoms with Crippen LogP contribution in [0, 0.1) is 13.8 Å². The van der Waals surface area contributed by atoms with E-state index in [0.29, 0.717) is 6.10 Å². The molecule has 0 bridgehead atoms. The number of nitrogens with one attached hydrogen (secondary N) is 1. The van der Waals surface area contributed by atoms with Crippen LogP contribution in [0.15, 0.2) is 55.0 Å². The van der Waals surface area contributed by atoms with Gasteiger partial charge in [0.2, 0.25) is 0 Å². The highest BCUT2D eigenvalue weighted by Crippen LogP contribution is 2.30. The molecular formula is C25H32N2O2. The lowest BCUT2D eigenvalue weighted by Crippen LogP contribution is -2.35. The SMILES string of the molecule is C=O.CC.Cc1cc(C2=CNC(OC3CCC3)C=C2)ccc1-c1cnccc1C. The first-order chi connectivity index (χ1) is 14.2. The number of hydrogen-bond donors (Lipinski definition) is 1. The smallest absolute Gasteiger partial charge is 0.147 e. The van der Waals surface area contributed by atoms with Crippen LogP contribution < -0.4 is 5.32 Å². The van der Waals surface area contributed by atoms with Gasteiger partial charge < -0.3 is 14.8 Å². The molecule has 4 rings (SSSR count). The van der Waals surface area contributed by atoms with Crippen LogP contribution in [0.5, 0.6) is 0 Å². The second-order valence-corrected chi connectivity index (χ2v) is 6.96. The van der Waals surface area contributed by atoms with Crippen molar-refractivity contribution < 1.29 is 9.53 Å². The van der Waals surface area contributed by atoms with Gasteiger partial charge in [-0.3, -0.25) is 4.98 Å². The zero-order chi connectivity index (χ0) is 21.2. The first kappa shape index (κ1) is 22.6.